The maximum Gasteiger partial charge on any atom is 0.281 e. The van der Waals surface area contributed by atoms with E-state index in [0.717, 1.165) is 5.56 Å². The first-order chi connectivity index (χ1) is 11.0. The average molecular weight is 328 g/mol. The van der Waals surface area contributed by atoms with Crippen molar-refractivity contribution in [2.75, 3.05) is 0 Å². The Hall–Kier alpha value is -2.40. The molecule has 0 fully saturated rings. The molecule has 5 nitrogen and oxygen atoms in total. The van der Waals surface area contributed by atoms with Crippen LogP contribution in [0.25, 0.3) is 16.7 Å². The van der Waals surface area contributed by atoms with Crippen molar-refractivity contribution in [1.29, 1.82) is 0 Å². The number of hydrogen-bond acceptors (Lipinski definition) is 3. The fourth-order valence-electron chi connectivity index (χ4n) is 3.20. The van der Waals surface area contributed by atoms with E-state index >= 15 is 0 Å². The van der Waals surface area contributed by atoms with E-state index in [2.05, 4.69) is 10.1 Å². The van der Waals surface area contributed by atoms with Crippen molar-refractivity contribution in [3.63, 3.8) is 0 Å². The van der Waals surface area contributed by atoms with Crippen molar-refractivity contribution in [1.82, 2.24) is 14.8 Å². The summed E-state index contributed by atoms with van der Waals surface area (Å²) in [7, 11) is 0. The van der Waals surface area contributed by atoms with Crippen LogP contribution in [-0.4, -0.2) is 20.5 Å². The molecule has 0 aliphatic heterocycles. The third-order valence-electron chi connectivity index (χ3n) is 4.29. The highest BCUT2D eigenvalue weighted by Crippen LogP contribution is 2.28. The van der Waals surface area contributed by atoms with E-state index in [1.54, 1.807) is 30.5 Å². The summed E-state index contributed by atoms with van der Waals surface area (Å²) in [4.78, 5) is 29.3. The minimum atomic E-state index is -0.187. The van der Waals surface area contributed by atoms with E-state index < -0.39 is 0 Å². The number of benzene rings is 1. The summed E-state index contributed by atoms with van der Waals surface area (Å²) < 4.78 is 1.44. The molecule has 0 spiro atoms. The number of aromatic nitrogens is 3. The van der Waals surface area contributed by atoms with Crippen molar-refractivity contribution in [2.24, 2.45) is 5.92 Å². The molecule has 1 aliphatic carbocycles. The maximum atomic E-state index is 12.8. The predicted molar refractivity (Wildman–Crippen MR) is 88.5 cm³/mol. The van der Waals surface area contributed by atoms with Crippen LogP contribution >= 0.6 is 11.6 Å². The molecule has 0 amide bonds. The molecule has 116 valence electrons. The number of aromatic amines is 1. The molecule has 1 atom stereocenters. The number of carbonyl (C=O) groups is 1. The predicted octanol–water partition coefficient (Wildman–Crippen LogP) is 3.13. The number of fused-ring (bicyclic) bond motifs is 3. The summed E-state index contributed by atoms with van der Waals surface area (Å²) in [5, 5.41) is 4.13. The van der Waals surface area contributed by atoms with Crippen molar-refractivity contribution < 1.29 is 4.79 Å². The third-order valence-corrected chi connectivity index (χ3v) is 4.54. The van der Waals surface area contributed by atoms with Gasteiger partial charge in [-0.2, -0.15) is 0 Å². The number of rotatable bonds is 1. The van der Waals surface area contributed by atoms with E-state index in [1.165, 1.54) is 4.68 Å². The normalized spacial score (nSPS) is 17.5. The molecule has 3 aromatic rings. The largest absolute Gasteiger partial charge is 0.294 e. The topological polar surface area (TPSA) is 67.8 Å². The first kappa shape index (κ1) is 14.2. The number of Topliss-reactive ketones (excluding diaryl/α,β-unsaturated/α-hetero) is 1. The van der Waals surface area contributed by atoms with Gasteiger partial charge in [-0.1, -0.05) is 18.5 Å². The number of carbonyl (C=O) groups excluding carboxylic acids is 1. The minimum Gasteiger partial charge on any atom is -0.294 e. The summed E-state index contributed by atoms with van der Waals surface area (Å²) in [6.07, 6.45) is 2.80. The molecule has 1 unspecified atom stereocenters. The maximum absolute atomic E-state index is 12.8. The Morgan fingerprint density at radius 3 is 2.70 bits per heavy atom. The SMILES string of the molecule is CC1CC(=O)c2cnc3[nH]n(-c4ccc(Cl)cc4)c(=O)c3c2C1. The van der Waals surface area contributed by atoms with Crippen LogP contribution in [0.5, 0.6) is 0 Å². The fraction of sp³-hybridized carbons (Fsp3) is 0.235. The highest BCUT2D eigenvalue weighted by Gasteiger charge is 2.27. The zero-order valence-electron chi connectivity index (χ0n) is 12.5. The number of pyridine rings is 1. The molecule has 4 rings (SSSR count). The molecule has 1 aromatic carbocycles. The second kappa shape index (κ2) is 5.06. The molecule has 1 aliphatic rings. The molecular formula is C17H14ClN3O2. The van der Waals surface area contributed by atoms with Gasteiger partial charge in [0.15, 0.2) is 11.4 Å². The quantitative estimate of drug-likeness (QED) is 0.746. The highest BCUT2D eigenvalue weighted by molar-refractivity contribution is 6.30. The molecule has 2 aromatic heterocycles. The van der Waals surface area contributed by atoms with Crippen LogP contribution in [0.2, 0.25) is 5.02 Å². The van der Waals surface area contributed by atoms with Gasteiger partial charge < -0.3 is 0 Å². The van der Waals surface area contributed by atoms with Crippen molar-refractivity contribution in [2.45, 2.75) is 19.8 Å². The van der Waals surface area contributed by atoms with Crippen molar-refractivity contribution in [3.8, 4) is 5.69 Å². The van der Waals surface area contributed by atoms with Crippen LogP contribution < -0.4 is 5.56 Å². The number of hydrogen-bond donors (Lipinski definition) is 1. The molecule has 23 heavy (non-hydrogen) atoms. The van der Waals surface area contributed by atoms with Crippen LogP contribution in [-0.2, 0) is 6.42 Å². The number of nitrogens with zero attached hydrogens (tertiary/aromatic N) is 2. The Morgan fingerprint density at radius 1 is 1.22 bits per heavy atom. The Bertz CT molecular complexity index is 985. The molecule has 0 saturated carbocycles. The lowest BCUT2D eigenvalue weighted by molar-refractivity contribution is 0.0953. The lowest BCUT2D eigenvalue weighted by atomic mass is 9.84. The van der Waals surface area contributed by atoms with E-state index in [0.29, 0.717) is 40.1 Å². The van der Waals surface area contributed by atoms with Gasteiger partial charge in [0.05, 0.1) is 11.1 Å². The molecule has 0 radical (unpaired) electrons. The number of nitrogens with one attached hydrogen (secondary N) is 1. The smallest absolute Gasteiger partial charge is 0.281 e. The second-order valence-corrected chi connectivity index (χ2v) is 6.48. The average Bonchev–Trinajstić information content (AvgIpc) is 2.85. The van der Waals surface area contributed by atoms with E-state index in [4.69, 9.17) is 11.6 Å². The van der Waals surface area contributed by atoms with Gasteiger partial charge in [0, 0.05) is 23.2 Å². The summed E-state index contributed by atoms with van der Waals surface area (Å²) in [6.45, 7) is 2.03. The monoisotopic (exact) mass is 327 g/mol. The van der Waals surface area contributed by atoms with Gasteiger partial charge in [0.2, 0.25) is 0 Å². The molecule has 2 heterocycles. The second-order valence-electron chi connectivity index (χ2n) is 6.04. The van der Waals surface area contributed by atoms with Crippen molar-refractivity contribution >= 4 is 28.4 Å². The highest BCUT2D eigenvalue weighted by atomic mass is 35.5. The molecule has 0 saturated heterocycles. The lowest BCUT2D eigenvalue weighted by Crippen LogP contribution is -2.21. The number of halogens is 1. The fourth-order valence-corrected chi connectivity index (χ4v) is 3.33. The Kier molecular flexibility index (Phi) is 3.13. The molecule has 0 bridgehead atoms. The van der Waals surface area contributed by atoms with Crippen LogP contribution in [0.1, 0.15) is 29.3 Å². The zero-order valence-corrected chi connectivity index (χ0v) is 13.2. The lowest BCUT2D eigenvalue weighted by Gasteiger charge is -2.19. The summed E-state index contributed by atoms with van der Waals surface area (Å²) in [5.74, 6) is 0.297. The first-order valence-electron chi connectivity index (χ1n) is 7.46. The van der Waals surface area contributed by atoms with Gasteiger partial charge in [-0.15, -0.1) is 0 Å². The summed E-state index contributed by atoms with van der Waals surface area (Å²) >= 11 is 5.90. The van der Waals surface area contributed by atoms with Crippen LogP contribution in [0.4, 0.5) is 0 Å². The molecule has 1 N–H and O–H groups in total. The van der Waals surface area contributed by atoms with Crippen LogP contribution in [0, 0.1) is 5.92 Å². The van der Waals surface area contributed by atoms with E-state index in [1.807, 2.05) is 6.92 Å². The Morgan fingerprint density at radius 2 is 1.96 bits per heavy atom. The van der Waals surface area contributed by atoms with Gasteiger partial charge in [-0.3, -0.25) is 14.7 Å². The van der Waals surface area contributed by atoms with Crippen LogP contribution in [0.15, 0.2) is 35.3 Å². The van der Waals surface area contributed by atoms with Gasteiger partial charge in [-0.25, -0.2) is 9.67 Å². The van der Waals surface area contributed by atoms with Crippen LogP contribution in [0.3, 0.4) is 0 Å². The molecule has 6 heteroatoms. The number of ketones is 1. The number of H-pyrrole nitrogens is 1. The van der Waals surface area contributed by atoms with E-state index in [9.17, 15) is 9.59 Å². The van der Waals surface area contributed by atoms with Gasteiger partial charge in [-0.05, 0) is 42.2 Å². The first-order valence-corrected chi connectivity index (χ1v) is 7.84. The standard InChI is InChI=1S/C17H14ClN3O2/c1-9-6-12-13(14(22)7-9)8-19-16-15(12)17(23)21(20-16)11-4-2-10(18)3-5-11/h2-5,8-9H,6-7H2,1H3,(H,19,20). The zero-order chi connectivity index (χ0) is 16.1. The van der Waals surface area contributed by atoms with Gasteiger partial charge >= 0.3 is 0 Å². The Balaban J connectivity index is 1.99. The Labute approximate surface area is 136 Å². The van der Waals surface area contributed by atoms with Gasteiger partial charge in [0.1, 0.15) is 0 Å². The molecular weight excluding hydrogens is 314 g/mol. The minimum absolute atomic E-state index is 0.0618. The van der Waals surface area contributed by atoms with E-state index in [-0.39, 0.29) is 17.3 Å². The summed E-state index contributed by atoms with van der Waals surface area (Å²) in [5.41, 5.74) is 2.39. The third kappa shape index (κ3) is 2.19. The van der Waals surface area contributed by atoms with Gasteiger partial charge in [0.25, 0.3) is 5.56 Å². The van der Waals surface area contributed by atoms with Crippen molar-refractivity contribution in [3.05, 3.63) is 57.0 Å². The summed E-state index contributed by atoms with van der Waals surface area (Å²) in [6, 6.07) is 6.98.